The molecule has 0 aromatic heterocycles. The van der Waals surface area contributed by atoms with E-state index in [-0.39, 0.29) is 5.41 Å². The SMILES string of the molecule is CCc1ccc(CC(Oc2ccc(C(C)(C)C)cc2)C(=O)O)cc1. The molecule has 0 radical (unpaired) electrons. The third kappa shape index (κ3) is 4.85. The third-order valence-corrected chi connectivity index (χ3v) is 4.13. The summed E-state index contributed by atoms with van der Waals surface area (Å²) in [5, 5.41) is 9.46. The van der Waals surface area contributed by atoms with Crippen LogP contribution in [0.25, 0.3) is 0 Å². The number of ether oxygens (including phenoxy) is 1. The third-order valence-electron chi connectivity index (χ3n) is 4.13. The van der Waals surface area contributed by atoms with Gasteiger partial charge in [-0.1, -0.05) is 64.1 Å². The standard InChI is InChI=1S/C21H26O3/c1-5-15-6-8-16(9-7-15)14-19(20(22)23)24-18-12-10-17(11-13-18)21(2,3)4/h6-13,19H,5,14H2,1-4H3,(H,22,23). The average Bonchev–Trinajstić information content (AvgIpc) is 2.54. The van der Waals surface area contributed by atoms with E-state index in [2.05, 4.69) is 27.7 Å². The highest BCUT2D eigenvalue weighted by Crippen LogP contribution is 2.25. The van der Waals surface area contributed by atoms with Crippen molar-refractivity contribution in [3.05, 3.63) is 65.2 Å². The zero-order valence-corrected chi connectivity index (χ0v) is 14.9. The van der Waals surface area contributed by atoms with E-state index in [1.54, 1.807) is 0 Å². The normalized spacial score (nSPS) is 12.7. The lowest BCUT2D eigenvalue weighted by Gasteiger charge is -2.20. The molecule has 0 aliphatic carbocycles. The maximum atomic E-state index is 11.5. The number of aryl methyl sites for hydroxylation is 1. The molecule has 1 N–H and O–H groups in total. The molecule has 0 heterocycles. The fourth-order valence-corrected chi connectivity index (χ4v) is 2.50. The predicted molar refractivity (Wildman–Crippen MR) is 96.7 cm³/mol. The summed E-state index contributed by atoms with van der Waals surface area (Å²) < 4.78 is 5.70. The molecule has 0 saturated heterocycles. The maximum absolute atomic E-state index is 11.5. The Kier molecular flexibility index (Phi) is 5.66. The molecule has 2 aromatic carbocycles. The van der Waals surface area contributed by atoms with Gasteiger partial charge in [0.05, 0.1) is 0 Å². The predicted octanol–water partition coefficient (Wildman–Crippen LogP) is 4.62. The van der Waals surface area contributed by atoms with Crippen molar-refractivity contribution in [1.29, 1.82) is 0 Å². The first-order valence-corrected chi connectivity index (χ1v) is 8.37. The summed E-state index contributed by atoms with van der Waals surface area (Å²) >= 11 is 0. The number of rotatable bonds is 6. The first kappa shape index (κ1) is 18.1. The highest BCUT2D eigenvalue weighted by molar-refractivity contribution is 5.73. The van der Waals surface area contributed by atoms with E-state index >= 15 is 0 Å². The second kappa shape index (κ2) is 7.52. The van der Waals surface area contributed by atoms with E-state index in [1.165, 1.54) is 11.1 Å². The molecule has 1 unspecified atom stereocenters. The van der Waals surface area contributed by atoms with Gasteiger partial charge in [0, 0.05) is 6.42 Å². The van der Waals surface area contributed by atoms with Crippen LogP contribution in [0.2, 0.25) is 0 Å². The van der Waals surface area contributed by atoms with E-state index in [4.69, 9.17) is 4.74 Å². The molecule has 0 spiro atoms. The largest absolute Gasteiger partial charge is 0.478 e. The van der Waals surface area contributed by atoms with Gasteiger partial charge in [0.15, 0.2) is 6.10 Å². The van der Waals surface area contributed by atoms with Gasteiger partial charge < -0.3 is 9.84 Å². The lowest BCUT2D eigenvalue weighted by Crippen LogP contribution is -2.29. The summed E-state index contributed by atoms with van der Waals surface area (Å²) in [5.74, 6) is -0.366. The van der Waals surface area contributed by atoms with Crippen LogP contribution in [0, 0.1) is 0 Å². The van der Waals surface area contributed by atoms with E-state index in [0.717, 1.165) is 12.0 Å². The fourth-order valence-electron chi connectivity index (χ4n) is 2.50. The van der Waals surface area contributed by atoms with Crippen LogP contribution in [-0.4, -0.2) is 17.2 Å². The zero-order valence-electron chi connectivity index (χ0n) is 14.9. The number of carboxylic acids is 1. The molecule has 0 fully saturated rings. The Balaban J connectivity index is 2.09. The van der Waals surface area contributed by atoms with Crippen molar-refractivity contribution < 1.29 is 14.6 Å². The van der Waals surface area contributed by atoms with Crippen LogP contribution in [0.4, 0.5) is 0 Å². The van der Waals surface area contributed by atoms with Crippen molar-refractivity contribution in [3.8, 4) is 5.75 Å². The minimum atomic E-state index is -0.950. The van der Waals surface area contributed by atoms with Gasteiger partial charge in [0.25, 0.3) is 0 Å². The van der Waals surface area contributed by atoms with Crippen molar-refractivity contribution in [1.82, 2.24) is 0 Å². The quantitative estimate of drug-likeness (QED) is 0.842. The number of hydrogen-bond acceptors (Lipinski definition) is 2. The van der Waals surface area contributed by atoms with Crippen LogP contribution in [0.15, 0.2) is 48.5 Å². The molecule has 3 nitrogen and oxygen atoms in total. The molecule has 24 heavy (non-hydrogen) atoms. The van der Waals surface area contributed by atoms with Crippen LogP contribution < -0.4 is 4.74 Å². The Bertz CT molecular complexity index is 664. The highest BCUT2D eigenvalue weighted by atomic mass is 16.5. The molecule has 0 saturated carbocycles. The number of hydrogen-bond donors (Lipinski definition) is 1. The van der Waals surface area contributed by atoms with Crippen molar-refractivity contribution in [2.45, 2.75) is 52.1 Å². The molecular formula is C21H26O3. The van der Waals surface area contributed by atoms with Crippen molar-refractivity contribution in [2.75, 3.05) is 0 Å². The Hall–Kier alpha value is -2.29. The Labute approximate surface area is 144 Å². The Morgan fingerprint density at radius 2 is 1.54 bits per heavy atom. The van der Waals surface area contributed by atoms with E-state index in [9.17, 15) is 9.90 Å². The molecular weight excluding hydrogens is 300 g/mol. The van der Waals surface area contributed by atoms with Crippen LogP contribution in [0.3, 0.4) is 0 Å². The minimum Gasteiger partial charge on any atom is -0.478 e. The Morgan fingerprint density at radius 3 is 2.00 bits per heavy atom. The van der Waals surface area contributed by atoms with Crippen LogP contribution in [0.1, 0.15) is 44.4 Å². The second-order valence-corrected chi connectivity index (χ2v) is 7.09. The topological polar surface area (TPSA) is 46.5 Å². The highest BCUT2D eigenvalue weighted by Gasteiger charge is 2.20. The van der Waals surface area contributed by atoms with Gasteiger partial charge >= 0.3 is 5.97 Å². The summed E-state index contributed by atoms with van der Waals surface area (Å²) in [6.45, 7) is 8.52. The van der Waals surface area contributed by atoms with Crippen LogP contribution in [-0.2, 0) is 23.1 Å². The Morgan fingerprint density at radius 1 is 1.00 bits per heavy atom. The van der Waals surface area contributed by atoms with E-state index in [0.29, 0.717) is 12.2 Å². The number of carboxylic acid groups (broad SMARTS) is 1. The summed E-state index contributed by atoms with van der Waals surface area (Å²) in [5.41, 5.74) is 3.46. The van der Waals surface area contributed by atoms with Crippen molar-refractivity contribution in [3.63, 3.8) is 0 Å². The summed E-state index contributed by atoms with van der Waals surface area (Å²) in [6, 6.07) is 15.7. The molecule has 0 aliphatic rings. The van der Waals surface area contributed by atoms with Crippen LogP contribution in [0.5, 0.6) is 5.75 Å². The molecule has 0 amide bonds. The fraction of sp³-hybridized carbons (Fsp3) is 0.381. The maximum Gasteiger partial charge on any atom is 0.345 e. The average molecular weight is 326 g/mol. The lowest BCUT2D eigenvalue weighted by atomic mass is 9.87. The van der Waals surface area contributed by atoms with Gasteiger partial charge in [-0.2, -0.15) is 0 Å². The monoisotopic (exact) mass is 326 g/mol. The van der Waals surface area contributed by atoms with Gasteiger partial charge in [-0.25, -0.2) is 4.79 Å². The summed E-state index contributed by atoms with van der Waals surface area (Å²) in [6.07, 6.45) is 0.428. The van der Waals surface area contributed by atoms with E-state index in [1.807, 2.05) is 48.5 Å². The first-order valence-electron chi connectivity index (χ1n) is 8.37. The molecule has 0 bridgehead atoms. The molecule has 0 aliphatic heterocycles. The smallest absolute Gasteiger partial charge is 0.345 e. The molecule has 2 aromatic rings. The van der Waals surface area contributed by atoms with E-state index < -0.39 is 12.1 Å². The van der Waals surface area contributed by atoms with Gasteiger partial charge in [0.2, 0.25) is 0 Å². The minimum absolute atomic E-state index is 0.0613. The number of aliphatic carboxylic acids is 1. The first-order chi connectivity index (χ1) is 11.3. The molecule has 1 atom stereocenters. The second-order valence-electron chi connectivity index (χ2n) is 7.09. The van der Waals surface area contributed by atoms with Gasteiger partial charge in [-0.15, -0.1) is 0 Å². The molecule has 2 rings (SSSR count). The van der Waals surface area contributed by atoms with Crippen molar-refractivity contribution in [2.24, 2.45) is 0 Å². The van der Waals surface area contributed by atoms with Crippen LogP contribution >= 0.6 is 0 Å². The zero-order chi connectivity index (χ0) is 17.7. The molecule has 128 valence electrons. The summed E-state index contributed by atoms with van der Waals surface area (Å²) in [4.78, 5) is 11.5. The van der Waals surface area contributed by atoms with Crippen molar-refractivity contribution >= 4 is 5.97 Å². The number of benzene rings is 2. The van der Waals surface area contributed by atoms with Gasteiger partial charge in [-0.3, -0.25) is 0 Å². The van der Waals surface area contributed by atoms with Gasteiger partial charge in [-0.05, 0) is 40.7 Å². The van der Waals surface area contributed by atoms with Gasteiger partial charge in [0.1, 0.15) is 5.75 Å². The lowest BCUT2D eigenvalue weighted by molar-refractivity contribution is -0.145. The summed E-state index contributed by atoms with van der Waals surface area (Å²) in [7, 11) is 0. The number of carbonyl (C=O) groups is 1. The molecule has 3 heteroatoms.